The van der Waals surface area contributed by atoms with Crippen molar-refractivity contribution in [1.82, 2.24) is 0 Å². The average Bonchev–Trinajstić information content (AvgIpc) is 2.72. The van der Waals surface area contributed by atoms with Gasteiger partial charge in [0.25, 0.3) is 0 Å². The molecule has 0 heterocycles. The summed E-state index contributed by atoms with van der Waals surface area (Å²) in [5, 5.41) is 0. The first-order valence-corrected chi connectivity index (χ1v) is 5.36. The largest absolute Gasteiger partial charge is 0.0801 e. The van der Waals surface area contributed by atoms with Gasteiger partial charge < -0.3 is 0 Å². The molecule has 13 heavy (non-hydrogen) atoms. The van der Waals surface area contributed by atoms with Gasteiger partial charge in [0.05, 0.1) is 0 Å². The Morgan fingerprint density at radius 1 is 1.46 bits per heavy atom. The van der Waals surface area contributed by atoms with Crippen LogP contribution in [0.5, 0.6) is 0 Å². The SMILES string of the molecule is CC12CCC(C=C1C1=CC=CC1)C2. The van der Waals surface area contributed by atoms with E-state index >= 15 is 0 Å². The lowest BCUT2D eigenvalue weighted by Crippen LogP contribution is -2.13. The van der Waals surface area contributed by atoms with Crippen LogP contribution in [-0.4, -0.2) is 0 Å². The Morgan fingerprint density at radius 3 is 2.92 bits per heavy atom. The van der Waals surface area contributed by atoms with Crippen molar-refractivity contribution >= 4 is 0 Å². The summed E-state index contributed by atoms with van der Waals surface area (Å²) in [6.45, 7) is 2.45. The van der Waals surface area contributed by atoms with E-state index in [2.05, 4.69) is 31.2 Å². The van der Waals surface area contributed by atoms with E-state index in [9.17, 15) is 0 Å². The first-order chi connectivity index (χ1) is 6.28. The number of hydrogen-bond donors (Lipinski definition) is 0. The van der Waals surface area contributed by atoms with Crippen molar-refractivity contribution in [2.24, 2.45) is 11.3 Å². The zero-order chi connectivity index (χ0) is 8.89. The highest BCUT2D eigenvalue weighted by Crippen LogP contribution is 2.56. The van der Waals surface area contributed by atoms with Gasteiger partial charge in [-0.1, -0.05) is 31.2 Å². The molecule has 2 bridgehead atoms. The summed E-state index contributed by atoms with van der Waals surface area (Å²) in [5.74, 6) is 0.904. The molecule has 0 nitrogen and oxygen atoms in total. The molecular formula is C13H16. The molecule has 0 aromatic carbocycles. The maximum Gasteiger partial charge on any atom is -0.00697 e. The molecule has 0 amide bonds. The van der Waals surface area contributed by atoms with Crippen LogP contribution in [0.3, 0.4) is 0 Å². The molecule has 68 valence electrons. The molecule has 1 saturated carbocycles. The maximum atomic E-state index is 2.54. The smallest absolute Gasteiger partial charge is 0.00697 e. The van der Waals surface area contributed by atoms with E-state index in [1.165, 1.54) is 25.7 Å². The van der Waals surface area contributed by atoms with Crippen LogP contribution in [-0.2, 0) is 0 Å². The van der Waals surface area contributed by atoms with Crippen molar-refractivity contribution in [1.29, 1.82) is 0 Å². The minimum atomic E-state index is 0.544. The molecule has 0 saturated heterocycles. The molecule has 2 unspecified atom stereocenters. The van der Waals surface area contributed by atoms with E-state index in [1.54, 1.807) is 11.1 Å². The fraction of sp³-hybridized carbons (Fsp3) is 0.538. The topological polar surface area (TPSA) is 0 Å². The van der Waals surface area contributed by atoms with E-state index < -0.39 is 0 Å². The summed E-state index contributed by atoms with van der Waals surface area (Å²) >= 11 is 0. The Hall–Kier alpha value is -0.780. The molecule has 1 fully saturated rings. The van der Waals surface area contributed by atoms with Gasteiger partial charge in [-0.05, 0) is 48.2 Å². The second-order valence-corrected chi connectivity index (χ2v) is 4.97. The van der Waals surface area contributed by atoms with Gasteiger partial charge >= 0.3 is 0 Å². The van der Waals surface area contributed by atoms with E-state index in [-0.39, 0.29) is 0 Å². The lowest BCUT2D eigenvalue weighted by atomic mass is 9.78. The van der Waals surface area contributed by atoms with E-state index in [1.807, 2.05) is 0 Å². The highest BCUT2D eigenvalue weighted by atomic mass is 14.5. The van der Waals surface area contributed by atoms with Gasteiger partial charge in [-0.2, -0.15) is 0 Å². The predicted octanol–water partition coefficient (Wildman–Crippen LogP) is 3.62. The Labute approximate surface area is 80.0 Å². The standard InChI is InChI=1S/C13H16/c1-13-7-6-10(9-13)8-12(13)11-4-2-3-5-11/h2-4,8,10H,5-7,9H2,1H3. The summed E-state index contributed by atoms with van der Waals surface area (Å²) in [6.07, 6.45) is 14.8. The quantitative estimate of drug-likeness (QED) is 0.566. The Kier molecular flexibility index (Phi) is 1.39. The summed E-state index contributed by atoms with van der Waals surface area (Å²) in [5.41, 5.74) is 3.81. The van der Waals surface area contributed by atoms with Crippen molar-refractivity contribution in [3.05, 3.63) is 35.5 Å². The summed E-state index contributed by atoms with van der Waals surface area (Å²) in [6, 6.07) is 0. The Bertz CT molecular complexity index is 330. The summed E-state index contributed by atoms with van der Waals surface area (Å²) in [4.78, 5) is 0. The van der Waals surface area contributed by atoms with Crippen LogP contribution in [0.1, 0.15) is 32.6 Å². The molecule has 3 rings (SSSR count). The summed E-state index contributed by atoms with van der Waals surface area (Å²) < 4.78 is 0. The number of allylic oxidation sites excluding steroid dienone is 6. The third-order valence-corrected chi connectivity index (χ3v) is 3.95. The van der Waals surface area contributed by atoms with Crippen molar-refractivity contribution in [2.45, 2.75) is 32.6 Å². The van der Waals surface area contributed by atoms with Crippen molar-refractivity contribution < 1.29 is 0 Å². The Balaban J connectivity index is 1.97. The van der Waals surface area contributed by atoms with Crippen LogP contribution in [0.4, 0.5) is 0 Å². The number of fused-ring (bicyclic) bond motifs is 2. The second kappa shape index (κ2) is 2.37. The van der Waals surface area contributed by atoms with Crippen LogP contribution in [0, 0.1) is 11.3 Å². The third kappa shape index (κ3) is 0.979. The predicted molar refractivity (Wildman–Crippen MR) is 55.4 cm³/mol. The monoisotopic (exact) mass is 172 g/mol. The zero-order valence-corrected chi connectivity index (χ0v) is 8.22. The van der Waals surface area contributed by atoms with Gasteiger partial charge in [0, 0.05) is 0 Å². The van der Waals surface area contributed by atoms with E-state index in [0.717, 1.165) is 5.92 Å². The first kappa shape index (κ1) is 7.61. The first-order valence-electron chi connectivity index (χ1n) is 5.36. The summed E-state index contributed by atoms with van der Waals surface area (Å²) in [7, 11) is 0. The highest BCUT2D eigenvalue weighted by Gasteiger charge is 2.43. The molecular weight excluding hydrogens is 156 g/mol. The molecule has 0 aliphatic heterocycles. The second-order valence-electron chi connectivity index (χ2n) is 4.97. The molecule has 0 spiro atoms. The molecule has 3 aliphatic rings. The third-order valence-electron chi connectivity index (χ3n) is 3.95. The molecule has 0 radical (unpaired) electrons. The fourth-order valence-electron chi connectivity index (χ4n) is 3.25. The molecule has 0 heteroatoms. The van der Waals surface area contributed by atoms with Gasteiger partial charge in [0.1, 0.15) is 0 Å². The van der Waals surface area contributed by atoms with Crippen LogP contribution < -0.4 is 0 Å². The van der Waals surface area contributed by atoms with Gasteiger partial charge in [0.15, 0.2) is 0 Å². The molecule has 0 aromatic rings. The van der Waals surface area contributed by atoms with Crippen molar-refractivity contribution in [3.8, 4) is 0 Å². The highest BCUT2D eigenvalue weighted by molar-refractivity contribution is 5.46. The molecule has 0 N–H and O–H groups in total. The lowest BCUT2D eigenvalue weighted by Gasteiger charge is -2.26. The number of hydrogen-bond acceptors (Lipinski definition) is 0. The van der Waals surface area contributed by atoms with Gasteiger partial charge in [0.2, 0.25) is 0 Å². The minimum Gasteiger partial charge on any atom is -0.0801 e. The van der Waals surface area contributed by atoms with Crippen LogP contribution in [0.15, 0.2) is 35.5 Å². The van der Waals surface area contributed by atoms with Gasteiger partial charge in [-0.25, -0.2) is 0 Å². The van der Waals surface area contributed by atoms with Crippen LogP contribution >= 0.6 is 0 Å². The minimum absolute atomic E-state index is 0.544. The Morgan fingerprint density at radius 2 is 2.38 bits per heavy atom. The molecule has 0 aromatic heterocycles. The van der Waals surface area contributed by atoms with E-state index in [4.69, 9.17) is 0 Å². The fourth-order valence-corrected chi connectivity index (χ4v) is 3.25. The van der Waals surface area contributed by atoms with Crippen molar-refractivity contribution in [3.63, 3.8) is 0 Å². The molecule has 3 aliphatic carbocycles. The van der Waals surface area contributed by atoms with Gasteiger partial charge in [-0.15, -0.1) is 0 Å². The maximum absolute atomic E-state index is 2.54. The van der Waals surface area contributed by atoms with Crippen molar-refractivity contribution in [2.75, 3.05) is 0 Å². The average molecular weight is 172 g/mol. The molecule has 2 atom stereocenters. The van der Waals surface area contributed by atoms with Crippen LogP contribution in [0.2, 0.25) is 0 Å². The lowest BCUT2D eigenvalue weighted by molar-refractivity contribution is 0.429. The number of rotatable bonds is 1. The van der Waals surface area contributed by atoms with E-state index in [0.29, 0.717) is 5.41 Å². The van der Waals surface area contributed by atoms with Gasteiger partial charge in [-0.3, -0.25) is 0 Å². The van der Waals surface area contributed by atoms with Crippen LogP contribution in [0.25, 0.3) is 0 Å². The normalized spacial score (nSPS) is 41.2. The zero-order valence-electron chi connectivity index (χ0n) is 8.22.